The predicted molar refractivity (Wildman–Crippen MR) is 85.4 cm³/mol. The van der Waals surface area contributed by atoms with Crippen molar-refractivity contribution in [3.05, 3.63) is 16.4 Å². The number of aryl methyl sites for hydroxylation is 2. The van der Waals surface area contributed by atoms with Gasteiger partial charge in [0.15, 0.2) is 0 Å². The standard InChI is InChI=1S/C16H28ClN3/c1-4-14-16(17)15(20(5-2)19-14)10-13(11-18-3)12-8-6-7-9-12/h12-13,18H,4-11H2,1-3H3. The molecule has 1 unspecified atom stereocenters. The summed E-state index contributed by atoms with van der Waals surface area (Å²) in [6.45, 7) is 6.26. The maximum absolute atomic E-state index is 6.56. The second kappa shape index (κ2) is 7.46. The van der Waals surface area contributed by atoms with Crippen LogP contribution in [-0.2, 0) is 19.4 Å². The molecule has 1 N–H and O–H groups in total. The Morgan fingerprint density at radius 3 is 2.60 bits per heavy atom. The fourth-order valence-electron chi connectivity index (χ4n) is 3.56. The van der Waals surface area contributed by atoms with Crippen molar-refractivity contribution >= 4 is 11.6 Å². The van der Waals surface area contributed by atoms with Crippen LogP contribution in [-0.4, -0.2) is 23.4 Å². The fourth-order valence-corrected chi connectivity index (χ4v) is 3.90. The molecule has 2 rings (SSSR count). The average Bonchev–Trinajstić information content (AvgIpc) is 3.07. The first-order chi connectivity index (χ1) is 9.71. The van der Waals surface area contributed by atoms with E-state index in [0.29, 0.717) is 5.92 Å². The summed E-state index contributed by atoms with van der Waals surface area (Å²) in [6.07, 6.45) is 7.53. The van der Waals surface area contributed by atoms with Gasteiger partial charge in [-0.3, -0.25) is 4.68 Å². The van der Waals surface area contributed by atoms with Gasteiger partial charge in [-0.15, -0.1) is 0 Å². The van der Waals surface area contributed by atoms with E-state index in [1.54, 1.807) is 0 Å². The lowest BCUT2D eigenvalue weighted by atomic mass is 9.87. The highest BCUT2D eigenvalue weighted by molar-refractivity contribution is 6.31. The number of aromatic nitrogens is 2. The van der Waals surface area contributed by atoms with Crippen molar-refractivity contribution in [1.29, 1.82) is 0 Å². The van der Waals surface area contributed by atoms with Crippen LogP contribution in [0.3, 0.4) is 0 Å². The molecule has 3 nitrogen and oxygen atoms in total. The number of hydrogen-bond donors (Lipinski definition) is 1. The SMILES string of the molecule is CCc1nn(CC)c(CC(CNC)C2CCCC2)c1Cl. The maximum Gasteiger partial charge on any atom is 0.0849 e. The molecule has 1 saturated carbocycles. The molecule has 4 heteroatoms. The van der Waals surface area contributed by atoms with Crippen molar-refractivity contribution in [2.45, 2.75) is 58.9 Å². The molecule has 0 radical (unpaired) electrons. The number of halogens is 1. The molecule has 0 saturated heterocycles. The first kappa shape index (κ1) is 15.8. The van der Waals surface area contributed by atoms with Gasteiger partial charge in [-0.25, -0.2) is 0 Å². The minimum atomic E-state index is 0.687. The Bertz CT molecular complexity index is 422. The van der Waals surface area contributed by atoms with Crippen LogP contribution in [0.1, 0.15) is 50.9 Å². The molecule has 0 amide bonds. The summed E-state index contributed by atoms with van der Waals surface area (Å²) in [4.78, 5) is 0. The summed E-state index contributed by atoms with van der Waals surface area (Å²) in [5, 5.41) is 8.93. The van der Waals surface area contributed by atoms with Crippen LogP contribution in [0.15, 0.2) is 0 Å². The zero-order valence-corrected chi connectivity index (χ0v) is 13.8. The molecule has 20 heavy (non-hydrogen) atoms. The molecule has 0 spiro atoms. The molecule has 1 fully saturated rings. The van der Waals surface area contributed by atoms with Crippen molar-refractivity contribution in [2.24, 2.45) is 11.8 Å². The predicted octanol–water partition coefficient (Wildman–Crippen LogP) is 3.69. The van der Waals surface area contributed by atoms with Gasteiger partial charge < -0.3 is 5.32 Å². The Hall–Kier alpha value is -0.540. The van der Waals surface area contributed by atoms with E-state index in [9.17, 15) is 0 Å². The Balaban J connectivity index is 2.18. The van der Waals surface area contributed by atoms with Crippen LogP contribution in [0.5, 0.6) is 0 Å². The molecule has 1 aromatic heterocycles. The van der Waals surface area contributed by atoms with Crippen LogP contribution in [0, 0.1) is 11.8 Å². The summed E-state index contributed by atoms with van der Waals surface area (Å²) < 4.78 is 2.11. The van der Waals surface area contributed by atoms with Crippen LogP contribution in [0.2, 0.25) is 5.02 Å². The zero-order chi connectivity index (χ0) is 14.5. The van der Waals surface area contributed by atoms with Crippen molar-refractivity contribution in [2.75, 3.05) is 13.6 Å². The van der Waals surface area contributed by atoms with Crippen LogP contribution >= 0.6 is 11.6 Å². The normalized spacial score (nSPS) is 17.8. The first-order valence-corrected chi connectivity index (χ1v) is 8.47. The molecule has 1 aliphatic rings. The van der Waals surface area contributed by atoms with E-state index in [0.717, 1.165) is 42.6 Å². The van der Waals surface area contributed by atoms with E-state index in [1.165, 1.54) is 31.4 Å². The highest BCUT2D eigenvalue weighted by Gasteiger charge is 2.27. The molecular weight excluding hydrogens is 270 g/mol. The molecule has 1 heterocycles. The molecule has 1 atom stereocenters. The number of nitrogens with one attached hydrogen (secondary N) is 1. The summed E-state index contributed by atoms with van der Waals surface area (Å²) in [5.74, 6) is 1.54. The smallest absolute Gasteiger partial charge is 0.0849 e. The van der Waals surface area contributed by atoms with Gasteiger partial charge in [0, 0.05) is 6.54 Å². The number of hydrogen-bond acceptors (Lipinski definition) is 2. The van der Waals surface area contributed by atoms with Gasteiger partial charge in [0.1, 0.15) is 0 Å². The summed E-state index contributed by atoms with van der Waals surface area (Å²) in [5.41, 5.74) is 2.30. The van der Waals surface area contributed by atoms with Gasteiger partial charge in [-0.1, -0.05) is 44.2 Å². The van der Waals surface area contributed by atoms with E-state index in [2.05, 4.69) is 36.0 Å². The molecule has 1 aromatic rings. The van der Waals surface area contributed by atoms with E-state index in [4.69, 9.17) is 11.6 Å². The van der Waals surface area contributed by atoms with Crippen molar-refractivity contribution < 1.29 is 0 Å². The second-order valence-corrected chi connectivity index (χ2v) is 6.32. The minimum absolute atomic E-state index is 0.687. The van der Waals surface area contributed by atoms with E-state index >= 15 is 0 Å². The van der Waals surface area contributed by atoms with Gasteiger partial charge in [-0.05, 0) is 45.2 Å². The Labute approximate surface area is 128 Å². The maximum atomic E-state index is 6.56. The van der Waals surface area contributed by atoms with E-state index < -0.39 is 0 Å². The summed E-state index contributed by atoms with van der Waals surface area (Å²) in [7, 11) is 2.05. The van der Waals surface area contributed by atoms with Gasteiger partial charge >= 0.3 is 0 Å². The van der Waals surface area contributed by atoms with Crippen molar-refractivity contribution in [3.63, 3.8) is 0 Å². The second-order valence-electron chi connectivity index (χ2n) is 5.94. The fraction of sp³-hybridized carbons (Fsp3) is 0.812. The minimum Gasteiger partial charge on any atom is -0.319 e. The lowest BCUT2D eigenvalue weighted by Gasteiger charge is -2.23. The highest BCUT2D eigenvalue weighted by atomic mass is 35.5. The van der Waals surface area contributed by atoms with Crippen LogP contribution in [0.25, 0.3) is 0 Å². The Morgan fingerprint density at radius 2 is 2.05 bits per heavy atom. The molecule has 0 aromatic carbocycles. The third-order valence-corrected chi connectivity index (χ3v) is 5.12. The molecule has 114 valence electrons. The van der Waals surface area contributed by atoms with Gasteiger partial charge in [0.05, 0.1) is 16.4 Å². The first-order valence-electron chi connectivity index (χ1n) is 8.09. The Kier molecular flexibility index (Phi) is 5.91. The topological polar surface area (TPSA) is 29.9 Å². The molecule has 1 aliphatic carbocycles. The lowest BCUT2D eigenvalue weighted by molar-refractivity contribution is 0.321. The van der Waals surface area contributed by atoms with Crippen LogP contribution in [0.4, 0.5) is 0 Å². The Morgan fingerprint density at radius 1 is 1.35 bits per heavy atom. The van der Waals surface area contributed by atoms with Gasteiger partial charge in [0.25, 0.3) is 0 Å². The lowest BCUT2D eigenvalue weighted by Crippen LogP contribution is -2.27. The van der Waals surface area contributed by atoms with E-state index in [1.807, 2.05) is 0 Å². The van der Waals surface area contributed by atoms with E-state index in [-0.39, 0.29) is 0 Å². The number of rotatable bonds is 7. The largest absolute Gasteiger partial charge is 0.319 e. The summed E-state index contributed by atoms with van der Waals surface area (Å²) in [6, 6.07) is 0. The average molecular weight is 298 g/mol. The molecular formula is C16H28ClN3. The van der Waals surface area contributed by atoms with Gasteiger partial charge in [0.2, 0.25) is 0 Å². The molecule has 0 aliphatic heterocycles. The van der Waals surface area contributed by atoms with Crippen molar-refractivity contribution in [1.82, 2.24) is 15.1 Å². The van der Waals surface area contributed by atoms with Crippen LogP contribution < -0.4 is 5.32 Å². The quantitative estimate of drug-likeness (QED) is 0.832. The summed E-state index contributed by atoms with van der Waals surface area (Å²) >= 11 is 6.56. The third-order valence-electron chi connectivity index (χ3n) is 4.68. The molecule has 0 bridgehead atoms. The highest BCUT2D eigenvalue weighted by Crippen LogP contribution is 2.34. The van der Waals surface area contributed by atoms with Crippen molar-refractivity contribution in [3.8, 4) is 0 Å². The third kappa shape index (κ3) is 3.37. The van der Waals surface area contributed by atoms with Gasteiger partial charge in [-0.2, -0.15) is 5.10 Å². The number of nitrogens with zero attached hydrogens (tertiary/aromatic N) is 2. The zero-order valence-electron chi connectivity index (χ0n) is 13.1. The monoisotopic (exact) mass is 297 g/mol.